The number of halogens is 9. The van der Waals surface area contributed by atoms with Crippen LogP contribution >= 0.6 is 11.6 Å². The number of esters is 1. The van der Waals surface area contributed by atoms with Crippen molar-refractivity contribution in [3.63, 3.8) is 0 Å². The molecule has 1 saturated carbocycles. The molecular formula is C33H34ClF8N5O3. The van der Waals surface area contributed by atoms with Crippen molar-refractivity contribution in [3.8, 4) is 5.69 Å². The van der Waals surface area contributed by atoms with Crippen LogP contribution in [0.15, 0.2) is 36.4 Å². The summed E-state index contributed by atoms with van der Waals surface area (Å²) in [5.74, 6) is -6.79. The van der Waals surface area contributed by atoms with Crippen molar-refractivity contribution in [1.82, 2.24) is 24.6 Å². The van der Waals surface area contributed by atoms with Gasteiger partial charge in [-0.25, -0.2) is 23.2 Å². The van der Waals surface area contributed by atoms with E-state index < -0.39 is 78.4 Å². The molecule has 1 amide bonds. The Hall–Kier alpha value is -3.79. The van der Waals surface area contributed by atoms with Gasteiger partial charge in [-0.1, -0.05) is 17.7 Å². The number of likely N-dealkylation sites (tertiary alicyclic amines) is 1. The van der Waals surface area contributed by atoms with E-state index in [-0.39, 0.29) is 38.3 Å². The molecule has 1 aliphatic heterocycles. The summed E-state index contributed by atoms with van der Waals surface area (Å²) < 4.78 is 116. The van der Waals surface area contributed by atoms with E-state index in [1.54, 1.807) is 23.7 Å². The normalized spacial score (nSPS) is 22.0. The van der Waals surface area contributed by atoms with E-state index in [0.717, 1.165) is 23.4 Å². The molecule has 5 rings (SSSR count). The molecule has 2 aromatic carbocycles. The maximum atomic E-state index is 15.3. The molecule has 0 bridgehead atoms. The van der Waals surface area contributed by atoms with Crippen molar-refractivity contribution >= 4 is 23.5 Å². The first-order valence-corrected chi connectivity index (χ1v) is 16.2. The van der Waals surface area contributed by atoms with Crippen LogP contribution in [0.1, 0.15) is 66.7 Å². The Morgan fingerprint density at radius 2 is 1.72 bits per heavy atom. The van der Waals surface area contributed by atoms with Gasteiger partial charge in [0.15, 0.2) is 11.4 Å². The molecule has 1 saturated heterocycles. The second-order valence-electron chi connectivity index (χ2n) is 12.9. The van der Waals surface area contributed by atoms with E-state index in [4.69, 9.17) is 16.3 Å². The Kier molecular flexibility index (Phi) is 10.6. The van der Waals surface area contributed by atoms with Crippen molar-refractivity contribution in [2.75, 3.05) is 26.7 Å². The van der Waals surface area contributed by atoms with Crippen molar-refractivity contribution in [2.24, 2.45) is 0 Å². The van der Waals surface area contributed by atoms with Crippen molar-refractivity contribution < 1.29 is 49.4 Å². The minimum Gasteiger partial charge on any atom is -0.442 e. The molecule has 1 aromatic heterocycles. The Balaban J connectivity index is 1.45. The number of alkyl halides is 6. The molecule has 0 radical (unpaired) electrons. The molecule has 3 aromatic rings. The first kappa shape index (κ1) is 37.5. The number of carbonyl (C=O) groups is 2. The fraction of sp³-hybridized carbons (Fsp3) is 0.515. The van der Waals surface area contributed by atoms with Crippen LogP contribution in [0.25, 0.3) is 5.69 Å². The van der Waals surface area contributed by atoms with Gasteiger partial charge in [0.25, 0.3) is 5.91 Å². The molecule has 2 fully saturated rings. The number of hydrogen-bond donors (Lipinski definition) is 0. The van der Waals surface area contributed by atoms with Crippen LogP contribution in [0.3, 0.4) is 0 Å². The van der Waals surface area contributed by atoms with E-state index in [9.17, 15) is 40.3 Å². The second-order valence-corrected chi connectivity index (χ2v) is 13.3. The van der Waals surface area contributed by atoms with E-state index in [1.807, 2.05) is 13.0 Å². The molecule has 2 heterocycles. The zero-order valence-corrected chi connectivity index (χ0v) is 28.0. The van der Waals surface area contributed by atoms with Crippen LogP contribution < -0.4 is 0 Å². The molecule has 272 valence electrons. The summed E-state index contributed by atoms with van der Waals surface area (Å²) in [7, 11) is 1.28. The number of hydrogen-bond acceptors (Lipinski definition) is 6. The van der Waals surface area contributed by atoms with Crippen molar-refractivity contribution in [3.05, 3.63) is 75.8 Å². The lowest BCUT2D eigenvalue weighted by Crippen LogP contribution is -2.56. The molecule has 0 N–H and O–H groups in total. The highest BCUT2D eigenvalue weighted by Gasteiger charge is 2.61. The number of ether oxygens (including phenoxy) is 1. The highest BCUT2D eigenvalue weighted by Crippen LogP contribution is 2.50. The summed E-state index contributed by atoms with van der Waals surface area (Å²) in [6.45, 7) is 2.94. The maximum absolute atomic E-state index is 15.3. The first-order valence-electron chi connectivity index (χ1n) is 15.8. The fourth-order valence-corrected chi connectivity index (χ4v) is 6.95. The maximum Gasteiger partial charge on any atom is 0.490 e. The standard InChI is InChI=1S/C33H34ClF8N5O3/c1-18-14-22(5-7-26(18)34)47-19(2)43-28(44-47)20-8-11-46(12-9-20)29(48)31(50-30(49)33(40,41)42)17-23(45(3)13-10-32(37,38)39)16-25(31)24-6-4-21(35)15-27(24)36/h4-7,14-15,20,23,25H,8-13,16-17H2,1-3H3/t23-,25+,31+/m0/s1. The molecule has 1 aliphatic carbocycles. The number of nitrogens with zero attached hydrogens (tertiary/aromatic N) is 5. The largest absolute Gasteiger partial charge is 0.490 e. The van der Waals surface area contributed by atoms with Gasteiger partial charge in [0.2, 0.25) is 0 Å². The number of rotatable bonds is 8. The molecule has 0 unspecified atom stereocenters. The Labute approximate surface area is 287 Å². The average molecular weight is 736 g/mol. The van der Waals surface area contributed by atoms with Crippen LogP contribution in [0.4, 0.5) is 35.1 Å². The first-order chi connectivity index (χ1) is 23.3. The summed E-state index contributed by atoms with van der Waals surface area (Å²) in [6, 6.07) is 6.56. The topological polar surface area (TPSA) is 80.6 Å². The minimum absolute atomic E-state index is 0.0321. The number of aromatic nitrogens is 3. The highest BCUT2D eigenvalue weighted by atomic mass is 35.5. The van der Waals surface area contributed by atoms with E-state index in [1.165, 1.54) is 16.8 Å². The van der Waals surface area contributed by atoms with Crippen LogP contribution in [0, 0.1) is 25.5 Å². The third kappa shape index (κ3) is 7.90. The Morgan fingerprint density at radius 1 is 1.04 bits per heavy atom. The summed E-state index contributed by atoms with van der Waals surface area (Å²) in [4.78, 5) is 33.8. The monoisotopic (exact) mass is 735 g/mol. The summed E-state index contributed by atoms with van der Waals surface area (Å²) in [5, 5.41) is 5.22. The van der Waals surface area contributed by atoms with Crippen LogP contribution in [-0.4, -0.2) is 87.1 Å². The van der Waals surface area contributed by atoms with Gasteiger partial charge in [-0.2, -0.15) is 31.4 Å². The van der Waals surface area contributed by atoms with Gasteiger partial charge in [0.05, 0.1) is 12.1 Å². The SMILES string of the molecule is Cc1cc(-n2nc(C3CCN(C(=O)[C@@]4(OC(=O)C(F)(F)F)C[C@@H](N(C)CCC(F)(F)F)C[C@@H]4c4ccc(F)cc4F)CC3)nc2C)ccc1Cl. The zero-order chi connectivity index (χ0) is 36.8. The van der Waals surface area contributed by atoms with Gasteiger partial charge in [-0.05, 0) is 75.5 Å². The van der Waals surface area contributed by atoms with Crippen LogP contribution in [0.5, 0.6) is 0 Å². The number of aryl methyl sites for hydroxylation is 2. The highest BCUT2D eigenvalue weighted by molar-refractivity contribution is 6.31. The smallest absolute Gasteiger partial charge is 0.442 e. The van der Waals surface area contributed by atoms with Gasteiger partial charge in [0.1, 0.15) is 17.5 Å². The van der Waals surface area contributed by atoms with Gasteiger partial charge in [-0.15, -0.1) is 0 Å². The lowest BCUT2D eigenvalue weighted by molar-refractivity contribution is -0.217. The van der Waals surface area contributed by atoms with Gasteiger partial charge >= 0.3 is 18.3 Å². The lowest BCUT2D eigenvalue weighted by atomic mass is 9.82. The molecular weight excluding hydrogens is 702 g/mol. The quantitative estimate of drug-likeness (QED) is 0.180. The zero-order valence-electron chi connectivity index (χ0n) is 27.2. The summed E-state index contributed by atoms with van der Waals surface area (Å²) in [6.07, 6.45) is -11.9. The predicted octanol–water partition coefficient (Wildman–Crippen LogP) is 7.20. The van der Waals surface area contributed by atoms with Crippen LogP contribution in [0.2, 0.25) is 5.02 Å². The number of carbonyl (C=O) groups excluding carboxylic acids is 2. The fourth-order valence-electron chi connectivity index (χ4n) is 6.83. The molecule has 3 atom stereocenters. The van der Waals surface area contributed by atoms with Gasteiger partial charge in [0, 0.05) is 55.0 Å². The van der Waals surface area contributed by atoms with E-state index in [0.29, 0.717) is 22.7 Å². The Bertz CT molecular complexity index is 1740. The third-order valence-corrected chi connectivity index (χ3v) is 9.93. The Morgan fingerprint density at radius 3 is 2.32 bits per heavy atom. The molecule has 50 heavy (non-hydrogen) atoms. The van der Waals surface area contributed by atoms with E-state index in [2.05, 4.69) is 10.1 Å². The van der Waals surface area contributed by atoms with Crippen molar-refractivity contribution in [2.45, 2.75) is 81.8 Å². The van der Waals surface area contributed by atoms with E-state index >= 15 is 4.39 Å². The lowest BCUT2D eigenvalue weighted by Gasteiger charge is -2.40. The molecule has 8 nitrogen and oxygen atoms in total. The van der Waals surface area contributed by atoms with Crippen LogP contribution in [-0.2, 0) is 14.3 Å². The van der Waals surface area contributed by atoms with Gasteiger partial charge in [-0.3, -0.25) is 4.79 Å². The molecule has 2 aliphatic rings. The number of benzene rings is 2. The number of piperidine rings is 1. The molecule has 0 spiro atoms. The second kappa shape index (κ2) is 14.1. The average Bonchev–Trinajstić information content (AvgIpc) is 3.61. The predicted molar refractivity (Wildman–Crippen MR) is 165 cm³/mol. The van der Waals surface area contributed by atoms with Gasteiger partial charge < -0.3 is 14.5 Å². The molecule has 17 heteroatoms. The third-order valence-electron chi connectivity index (χ3n) is 9.51. The van der Waals surface area contributed by atoms with Crippen molar-refractivity contribution in [1.29, 1.82) is 0 Å². The summed E-state index contributed by atoms with van der Waals surface area (Å²) in [5.41, 5.74) is -1.52. The number of amides is 1. The minimum atomic E-state index is -5.56. The summed E-state index contributed by atoms with van der Waals surface area (Å²) >= 11 is 6.15.